The lowest BCUT2D eigenvalue weighted by Gasteiger charge is -2.11. The zero-order chi connectivity index (χ0) is 16.9. The standard InChI is InChI=1S/C24H18Si/c1-3-9-19(10-4-1)23-13-7-8-14-24(23)20-15-17-22(18-16-20)25-21-11-5-2-6-12-21/h1-18H. The fourth-order valence-electron chi connectivity index (χ4n) is 3.03. The molecule has 0 fully saturated rings. The lowest BCUT2D eigenvalue weighted by Crippen LogP contribution is -2.26. The molecular weight excluding hydrogens is 316 g/mol. The third-order valence-electron chi connectivity index (χ3n) is 4.27. The Kier molecular flexibility index (Phi) is 4.58. The van der Waals surface area contributed by atoms with Crippen LogP contribution in [-0.4, -0.2) is 9.52 Å². The lowest BCUT2D eigenvalue weighted by molar-refractivity contribution is 1.59. The van der Waals surface area contributed by atoms with Gasteiger partial charge < -0.3 is 0 Å². The molecular formula is C24H18Si. The maximum atomic E-state index is 2.25. The van der Waals surface area contributed by atoms with Gasteiger partial charge in [-0.25, -0.2) is 0 Å². The van der Waals surface area contributed by atoms with Crippen LogP contribution in [0, 0.1) is 0 Å². The van der Waals surface area contributed by atoms with Crippen molar-refractivity contribution in [2.75, 3.05) is 0 Å². The molecule has 4 aromatic rings. The third-order valence-corrected chi connectivity index (χ3v) is 5.51. The highest BCUT2D eigenvalue weighted by Crippen LogP contribution is 2.31. The Balaban J connectivity index is 1.65. The average molecular weight is 334 g/mol. The summed E-state index contributed by atoms with van der Waals surface area (Å²) in [4.78, 5) is 0. The Hall–Kier alpha value is -2.90. The first-order chi connectivity index (χ1) is 12.4. The summed E-state index contributed by atoms with van der Waals surface area (Å²) in [7, 11) is 0.701. The fourth-order valence-corrected chi connectivity index (χ4v) is 4.05. The number of hydrogen-bond donors (Lipinski definition) is 0. The fraction of sp³-hybridized carbons (Fsp3) is 0. The molecule has 0 saturated carbocycles. The van der Waals surface area contributed by atoms with Crippen LogP contribution in [0.4, 0.5) is 0 Å². The molecule has 0 saturated heterocycles. The first-order valence-electron chi connectivity index (χ1n) is 8.47. The number of benzene rings is 4. The van der Waals surface area contributed by atoms with Crippen LogP contribution in [0.15, 0.2) is 109 Å². The van der Waals surface area contributed by atoms with E-state index in [1.54, 1.807) is 0 Å². The van der Waals surface area contributed by atoms with Crippen molar-refractivity contribution in [3.63, 3.8) is 0 Å². The maximum absolute atomic E-state index is 2.25. The lowest BCUT2D eigenvalue weighted by atomic mass is 9.95. The summed E-state index contributed by atoms with van der Waals surface area (Å²) in [5, 5.41) is 2.74. The van der Waals surface area contributed by atoms with Crippen molar-refractivity contribution in [1.82, 2.24) is 0 Å². The summed E-state index contributed by atoms with van der Waals surface area (Å²) < 4.78 is 0. The molecule has 0 heterocycles. The van der Waals surface area contributed by atoms with E-state index in [9.17, 15) is 0 Å². The third kappa shape index (κ3) is 3.62. The summed E-state index contributed by atoms with van der Waals surface area (Å²) in [6.07, 6.45) is 0. The van der Waals surface area contributed by atoms with E-state index in [2.05, 4.69) is 109 Å². The van der Waals surface area contributed by atoms with Crippen molar-refractivity contribution in [2.24, 2.45) is 0 Å². The van der Waals surface area contributed by atoms with E-state index in [1.807, 2.05) is 0 Å². The highest BCUT2D eigenvalue weighted by atomic mass is 28.2. The molecule has 0 aromatic heterocycles. The van der Waals surface area contributed by atoms with Gasteiger partial charge in [-0.1, -0.05) is 120 Å². The van der Waals surface area contributed by atoms with E-state index in [-0.39, 0.29) is 0 Å². The van der Waals surface area contributed by atoms with E-state index >= 15 is 0 Å². The van der Waals surface area contributed by atoms with Gasteiger partial charge in [0.05, 0.1) is 0 Å². The molecule has 0 atom stereocenters. The van der Waals surface area contributed by atoms with Gasteiger partial charge in [-0.05, 0) is 22.3 Å². The minimum Gasteiger partial charge on any atom is -0.0631 e. The van der Waals surface area contributed by atoms with Crippen molar-refractivity contribution in [1.29, 1.82) is 0 Å². The molecule has 0 aliphatic carbocycles. The monoisotopic (exact) mass is 334 g/mol. The summed E-state index contributed by atoms with van der Waals surface area (Å²) in [6, 6.07) is 38.9. The van der Waals surface area contributed by atoms with Crippen molar-refractivity contribution in [3.05, 3.63) is 109 Å². The average Bonchev–Trinajstić information content (AvgIpc) is 2.70. The molecule has 118 valence electrons. The summed E-state index contributed by atoms with van der Waals surface area (Å²) in [5.41, 5.74) is 5.08. The van der Waals surface area contributed by atoms with Gasteiger partial charge in [-0.3, -0.25) is 0 Å². The molecule has 0 N–H and O–H groups in total. The molecule has 0 spiro atoms. The van der Waals surface area contributed by atoms with Crippen LogP contribution >= 0.6 is 0 Å². The van der Waals surface area contributed by atoms with Crippen LogP contribution in [0.1, 0.15) is 0 Å². The highest BCUT2D eigenvalue weighted by Gasteiger charge is 2.07. The highest BCUT2D eigenvalue weighted by molar-refractivity contribution is 6.67. The zero-order valence-electron chi connectivity index (χ0n) is 13.9. The Bertz CT molecular complexity index is 942. The molecule has 0 amide bonds. The molecule has 0 nitrogen and oxygen atoms in total. The van der Waals surface area contributed by atoms with Gasteiger partial charge in [0.15, 0.2) is 0 Å². The first-order valence-corrected chi connectivity index (χ1v) is 9.47. The Morgan fingerprint density at radius 1 is 0.360 bits per heavy atom. The molecule has 4 aromatic carbocycles. The van der Waals surface area contributed by atoms with Crippen molar-refractivity contribution >= 4 is 19.9 Å². The van der Waals surface area contributed by atoms with Gasteiger partial charge in [0.2, 0.25) is 0 Å². The number of hydrogen-bond acceptors (Lipinski definition) is 0. The van der Waals surface area contributed by atoms with Crippen LogP contribution in [0.5, 0.6) is 0 Å². The van der Waals surface area contributed by atoms with Crippen molar-refractivity contribution < 1.29 is 0 Å². The Labute approximate surface area is 151 Å². The van der Waals surface area contributed by atoms with Crippen LogP contribution in [0.25, 0.3) is 22.3 Å². The predicted molar refractivity (Wildman–Crippen MR) is 109 cm³/mol. The molecule has 2 radical (unpaired) electrons. The minimum absolute atomic E-state index is 0.701. The summed E-state index contributed by atoms with van der Waals surface area (Å²) >= 11 is 0. The summed E-state index contributed by atoms with van der Waals surface area (Å²) in [5.74, 6) is 0. The topological polar surface area (TPSA) is 0 Å². The Morgan fingerprint density at radius 3 is 1.40 bits per heavy atom. The molecule has 0 aliphatic heterocycles. The predicted octanol–water partition coefficient (Wildman–Crippen LogP) is 4.68. The minimum atomic E-state index is 0.701. The van der Waals surface area contributed by atoms with Gasteiger partial charge in [-0.15, -0.1) is 0 Å². The van der Waals surface area contributed by atoms with Crippen LogP contribution in [0.2, 0.25) is 0 Å². The van der Waals surface area contributed by atoms with Crippen LogP contribution < -0.4 is 10.4 Å². The van der Waals surface area contributed by atoms with Gasteiger partial charge >= 0.3 is 0 Å². The second-order valence-corrected chi connectivity index (χ2v) is 7.38. The largest absolute Gasteiger partial charge is 0.121 e. The van der Waals surface area contributed by atoms with Gasteiger partial charge in [0.25, 0.3) is 0 Å². The molecule has 4 rings (SSSR count). The van der Waals surface area contributed by atoms with Gasteiger partial charge in [0.1, 0.15) is 9.52 Å². The second-order valence-electron chi connectivity index (χ2n) is 5.98. The van der Waals surface area contributed by atoms with Crippen LogP contribution in [0.3, 0.4) is 0 Å². The maximum Gasteiger partial charge on any atom is 0.121 e. The second kappa shape index (κ2) is 7.33. The smallest absolute Gasteiger partial charge is 0.0631 e. The van der Waals surface area contributed by atoms with Gasteiger partial charge in [0, 0.05) is 0 Å². The summed E-state index contributed by atoms with van der Waals surface area (Å²) in [6.45, 7) is 0. The molecule has 25 heavy (non-hydrogen) atoms. The Morgan fingerprint density at radius 2 is 0.800 bits per heavy atom. The zero-order valence-corrected chi connectivity index (χ0v) is 14.9. The van der Waals surface area contributed by atoms with Crippen molar-refractivity contribution in [3.8, 4) is 22.3 Å². The molecule has 1 heteroatoms. The molecule has 0 aliphatic rings. The van der Waals surface area contributed by atoms with E-state index in [0.29, 0.717) is 9.52 Å². The van der Waals surface area contributed by atoms with Crippen LogP contribution in [-0.2, 0) is 0 Å². The first kappa shape index (κ1) is 15.6. The van der Waals surface area contributed by atoms with E-state index < -0.39 is 0 Å². The van der Waals surface area contributed by atoms with E-state index in [1.165, 1.54) is 32.6 Å². The van der Waals surface area contributed by atoms with Gasteiger partial charge in [-0.2, -0.15) is 0 Å². The normalized spacial score (nSPS) is 10.6. The molecule has 0 bridgehead atoms. The quantitative estimate of drug-likeness (QED) is 0.476. The SMILES string of the molecule is c1ccc([Si]c2ccc(-c3ccccc3-c3ccccc3)cc2)cc1. The molecule has 0 unspecified atom stereocenters. The van der Waals surface area contributed by atoms with Crippen molar-refractivity contribution in [2.45, 2.75) is 0 Å². The van der Waals surface area contributed by atoms with E-state index in [0.717, 1.165) is 0 Å². The number of rotatable bonds is 4. The van der Waals surface area contributed by atoms with E-state index in [4.69, 9.17) is 0 Å².